The van der Waals surface area contributed by atoms with Gasteiger partial charge in [-0.2, -0.15) is 0 Å². The zero-order valence-electron chi connectivity index (χ0n) is 10.5. The molecule has 0 aromatic heterocycles. The van der Waals surface area contributed by atoms with Gasteiger partial charge in [-0.05, 0) is 31.0 Å². The van der Waals surface area contributed by atoms with Crippen molar-refractivity contribution in [2.24, 2.45) is 0 Å². The van der Waals surface area contributed by atoms with Crippen LogP contribution in [0.2, 0.25) is 0 Å². The first kappa shape index (κ1) is 12.7. The van der Waals surface area contributed by atoms with Crippen LogP contribution in [0.1, 0.15) is 48.9 Å². The first-order chi connectivity index (χ1) is 8.66. The van der Waals surface area contributed by atoms with E-state index >= 15 is 0 Å². The number of rotatable bonds is 3. The number of hydrogen-bond donors (Lipinski definition) is 3. The normalized spacial score (nSPS) is 17.1. The molecular weight excluding hydrogens is 228 g/mol. The number of carboxylic acid groups (broad SMARTS) is 1. The second-order valence-electron chi connectivity index (χ2n) is 4.94. The number of carboxylic acids is 1. The zero-order chi connectivity index (χ0) is 13.0. The van der Waals surface area contributed by atoms with E-state index < -0.39 is 5.97 Å². The van der Waals surface area contributed by atoms with Crippen LogP contribution in [0, 0.1) is 0 Å². The average molecular weight is 248 g/mol. The summed E-state index contributed by atoms with van der Waals surface area (Å²) in [5.74, 6) is -0.978. The molecular formula is C14H20N2O2. The maximum Gasteiger partial charge on any atom is 0.337 e. The Bertz CT molecular complexity index is 424. The maximum absolute atomic E-state index is 10.9. The van der Waals surface area contributed by atoms with Gasteiger partial charge in [-0.3, -0.25) is 0 Å². The Hall–Kier alpha value is -1.71. The predicted octanol–water partition coefficient (Wildman–Crippen LogP) is 3.10. The van der Waals surface area contributed by atoms with Gasteiger partial charge >= 0.3 is 5.97 Å². The number of anilines is 2. The summed E-state index contributed by atoms with van der Waals surface area (Å²) in [6.07, 6.45) is 7.53. The van der Waals surface area contributed by atoms with Crippen LogP contribution in [0.15, 0.2) is 18.2 Å². The molecule has 0 saturated heterocycles. The van der Waals surface area contributed by atoms with Crippen molar-refractivity contribution in [3.05, 3.63) is 23.8 Å². The summed E-state index contributed by atoms with van der Waals surface area (Å²) in [7, 11) is 0. The molecule has 98 valence electrons. The Kier molecular flexibility index (Phi) is 4.07. The molecule has 0 spiro atoms. The number of hydrogen-bond acceptors (Lipinski definition) is 3. The third-order valence-electron chi connectivity index (χ3n) is 3.51. The highest BCUT2D eigenvalue weighted by atomic mass is 16.4. The van der Waals surface area contributed by atoms with E-state index in [1.807, 2.05) is 0 Å². The van der Waals surface area contributed by atoms with Crippen LogP contribution < -0.4 is 11.1 Å². The lowest BCUT2D eigenvalue weighted by Gasteiger charge is -2.18. The second kappa shape index (κ2) is 5.76. The smallest absolute Gasteiger partial charge is 0.337 e. The molecule has 0 atom stereocenters. The van der Waals surface area contributed by atoms with Crippen molar-refractivity contribution in [1.29, 1.82) is 0 Å². The average Bonchev–Trinajstić information content (AvgIpc) is 2.57. The molecule has 4 N–H and O–H groups in total. The molecule has 0 bridgehead atoms. The fraction of sp³-hybridized carbons (Fsp3) is 0.500. The second-order valence-corrected chi connectivity index (χ2v) is 4.94. The Balaban J connectivity index is 2.05. The Labute approximate surface area is 107 Å². The van der Waals surface area contributed by atoms with Gasteiger partial charge in [0.15, 0.2) is 0 Å². The fourth-order valence-corrected chi connectivity index (χ4v) is 2.51. The summed E-state index contributed by atoms with van der Waals surface area (Å²) in [5, 5.41) is 12.4. The maximum atomic E-state index is 10.9. The van der Waals surface area contributed by atoms with Crippen LogP contribution in [-0.2, 0) is 0 Å². The largest absolute Gasteiger partial charge is 0.478 e. The third kappa shape index (κ3) is 3.15. The summed E-state index contributed by atoms with van der Waals surface area (Å²) in [4.78, 5) is 10.9. The summed E-state index contributed by atoms with van der Waals surface area (Å²) >= 11 is 0. The fourth-order valence-electron chi connectivity index (χ4n) is 2.51. The molecule has 1 aliphatic carbocycles. The van der Waals surface area contributed by atoms with Crippen LogP contribution >= 0.6 is 0 Å². The highest BCUT2D eigenvalue weighted by Gasteiger charge is 2.13. The molecule has 0 aliphatic heterocycles. The number of carbonyl (C=O) groups is 1. The first-order valence-corrected chi connectivity index (χ1v) is 6.56. The van der Waals surface area contributed by atoms with Crippen molar-refractivity contribution >= 4 is 17.3 Å². The van der Waals surface area contributed by atoms with Crippen LogP contribution in [0.25, 0.3) is 0 Å². The molecule has 0 heterocycles. The number of benzene rings is 1. The molecule has 1 aromatic rings. The molecule has 18 heavy (non-hydrogen) atoms. The van der Waals surface area contributed by atoms with Gasteiger partial charge in [0.25, 0.3) is 0 Å². The van der Waals surface area contributed by atoms with E-state index in [4.69, 9.17) is 10.8 Å². The van der Waals surface area contributed by atoms with Crippen LogP contribution in [0.3, 0.4) is 0 Å². The van der Waals surface area contributed by atoms with Crippen LogP contribution in [0.4, 0.5) is 11.4 Å². The zero-order valence-corrected chi connectivity index (χ0v) is 10.5. The molecule has 1 aromatic carbocycles. The van der Waals surface area contributed by atoms with Crippen molar-refractivity contribution < 1.29 is 9.90 Å². The van der Waals surface area contributed by atoms with Crippen molar-refractivity contribution in [2.45, 2.75) is 44.6 Å². The van der Waals surface area contributed by atoms with E-state index in [0.29, 0.717) is 11.7 Å². The summed E-state index contributed by atoms with van der Waals surface area (Å²) in [6, 6.07) is 5.57. The third-order valence-corrected chi connectivity index (χ3v) is 3.51. The Morgan fingerprint density at radius 2 is 1.89 bits per heavy atom. The minimum absolute atomic E-state index is 0.168. The van der Waals surface area contributed by atoms with E-state index in [0.717, 1.165) is 5.69 Å². The van der Waals surface area contributed by atoms with Gasteiger partial charge in [-0.25, -0.2) is 4.79 Å². The van der Waals surface area contributed by atoms with E-state index in [1.165, 1.54) is 38.5 Å². The summed E-state index contributed by atoms with van der Waals surface area (Å²) < 4.78 is 0. The molecule has 1 fully saturated rings. The first-order valence-electron chi connectivity index (χ1n) is 6.56. The number of nitrogen functional groups attached to an aromatic ring is 1. The number of nitrogens with one attached hydrogen (secondary N) is 1. The molecule has 2 rings (SSSR count). The Morgan fingerprint density at radius 3 is 2.44 bits per heavy atom. The van der Waals surface area contributed by atoms with Gasteiger partial charge < -0.3 is 16.2 Å². The predicted molar refractivity (Wildman–Crippen MR) is 72.9 cm³/mol. The lowest BCUT2D eigenvalue weighted by molar-refractivity contribution is 0.0698. The van der Waals surface area contributed by atoms with Gasteiger partial charge in [-0.1, -0.05) is 25.7 Å². The molecule has 0 radical (unpaired) electrons. The minimum atomic E-state index is -0.978. The quantitative estimate of drug-likeness (QED) is 0.567. The summed E-state index contributed by atoms with van der Waals surface area (Å²) in [5.41, 5.74) is 7.15. The van der Waals surface area contributed by atoms with Crippen molar-refractivity contribution in [3.8, 4) is 0 Å². The van der Waals surface area contributed by atoms with Gasteiger partial charge in [0.2, 0.25) is 0 Å². The topological polar surface area (TPSA) is 75.3 Å². The van der Waals surface area contributed by atoms with Gasteiger partial charge in [0.05, 0.1) is 5.56 Å². The van der Waals surface area contributed by atoms with Gasteiger partial charge in [0.1, 0.15) is 0 Å². The van der Waals surface area contributed by atoms with Crippen LogP contribution in [-0.4, -0.2) is 17.1 Å². The minimum Gasteiger partial charge on any atom is -0.478 e. The van der Waals surface area contributed by atoms with E-state index in [1.54, 1.807) is 18.2 Å². The van der Waals surface area contributed by atoms with Gasteiger partial charge in [0, 0.05) is 17.4 Å². The summed E-state index contributed by atoms with van der Waals surface area (Å²) in [6.45, 7) is 0. The monoisotopic (exact) mass is 248 g/mol. The molecule has 1 saturated carbocycles. The van der Waals surface area contributed by atoms with Crippen molar-refractivity contribution in [2.75, 3.05) is 11.1 Å². The van der Waals surface area contributed by atoms with Gasteiger partial charge in [-0.15, -0.1) is 0 Å². The van der Waals surface area contributed by atoms with Crippen molar-refractivity contribution in [1.82, 2.24) is 0 Å². The van der Waals surface area contributed by atoms with Crippen molar-refractivity contribution in [3.63, 3.8) is 0 Å². The van der Waals surface area contributed by atoms with Crippen LogP contribution in [0.5, 0.6) is 0 Å². The molecule has 0 unspecified atom stereocenters. The standard InChI is InChI=1S/C14H20N2O2/c15-13-9-11(7-8-12(13)14(17)18)16-10-5-3-1-2-4-6-10/h7-10,16H,1-6,15H2,(H,17,18). The highest BCUT2D eigenvalue weighted by Crippen LogP contribution is 2.23. The molecule has 4 heteroatoms. The molecule has 1 aliphatic rings. The molecule has 0 amide bonds. The number of aromatic carboxylic acids is 1. The molecule has 4 nitrogen and oxygen atoms in total. The lowest BCUT2D eigenvalue weighted by Crippen LogP contribution is -2.18. The Morgan fingerprint density at radius 1 is 1.22 bits per heavy atom. The lowest BCUT2D eigenvalue weighted by atomic mass is 10.1. The highest BCUT2D eigenvalue weighted by molar-refractivity contribution is 5.94. The SMILES string of the molecule is Nc1cc(NC2CCCCCC2)ccc1C(=O)O. The van der Waals surface area contributed by atoms with E-state index in [2.05, 4.69) is 5.32 Å². The van der Waals surface area contributed by atoms with E-state index in [-0.39, 0.29) is 5.56 Å². The van der Waals surface area contributed by atoms with E-state index in [9.17, 15) is 4.79 Å². The number of nitrogens with two attached hydrogens (primary N) is 1.